The Balaban J connectivity index is 2.12. The quantitative estimate of drug-likeness (QED) is 0.488. The third-order valence-electron chi connectivity index (χ3n) is 4.27. The minimum absolute atomic E-state index is 0.122. The number of benzene rings is 1. The van der Waals surface area contributed by atoms with E-state index in [0.29, 0.717) is 5.75 Å². The molecule has 1 saturated heterocycles. The molecule has 160 valence electrons. The number of aryl methyl sites for hydroxylation is 1. The average molecular weight is 426 g/mol. The fourth-order valence-electron chi connectivity index (χ4n) is 3.02. The van der Waals surface area contributed by atoms with E-state index < -0.39 is 47.7 Å². The van der Waals surface area contributed by atoms with Crippen molar-refractivity contribution in [3.05, 3.63) is 35.9 Å². The molecule has 1 aliphatic rings. The highest BCUT2D eigenvalue weighted by molar-refractivity contribution is 7.99. The van der Waals surface area contributed by atoms with Crippen molar-refractivity contribution in [1.29, 1.82) is 0 Å². The third-order valence-corrected chi connectivity index (χ3v) is 5.42. The van der Waals surface area contributed by atoms with Crippen LogP contribution in [0, 0.1) is 0 Å². The molecule has 5 unspecified atom stereocenters. The number of carbonyl (C=O) groups is 3. The molecule has 1 aliphatic heterocycles. The maximum absolute atomic E-state index is 11.6. The van der Waals surface area contributed by atoms with Gasteiger partial charge in [-0.15, -0.1) is 11.8 Å². The Kier molecular flexibility index (Phi) is 8.94. The zero-order chi connectivity index (χ0) is 21.4. The number of ether oxygens (including phenoxy) is 4. The van der Waals surface area contributed by atoms with Gasteiger partial charge in [0, 0.05) is 20.8 Å². The molecule has 0 radical (unpaired) electrons. The zero-order valence-corrected chi connectivity index (χ0v) is 17.6. The van der Waals surface area contributed by atoms with Gasteiger partial charge in [0.15, 0.2) is 6.10 Å². The second-order valence-electron chi connectivity index (χ2n) is 6.68. The van der Waals surface area contributed by atoms with E-state index in [0.717, 1.165) is 6.42 Å². The van der Waals surface area contributed by atoms with E-state index in [1.807, 2.05) is 30.3 Å². The number of carbonyl (C=O) groups excluding carboxylic acids is 3. The molecular weight excluding hydrogens is 398 g/mol. The lowest BCUT2D eigenvalue weighted by atomic mass is 9.97. The molecule has 1 fully saturated rings. The van der Waals surface area contributed by atoms with Crippen molar-refractivity contribution in [2.45, 2.75) is 57.0 Å². The SMILES string of the molecule is CC(=O)OCC1OC(SCCc2ccccc2)C(OC(C)=O)C(N)C1OC(C)=O. The molecule has 2 rings (SSSR count). The summed E-state index contributed by atoms with van der Waals surface area (Å²) < 4.78 is 21.8. The lowest BCUT2D eigenvalue weighted by molar-refractivity contribution is -0.201. The van der Waals surface area contributed by atoms with Crippen molar-refractivity contribution in [1.82, 2.24) is 0 Å². The Labute approximate surface area is 174 Å². The molecule has 1 heterocycles. The number of esters is 3. The van der Waals surface area contributed by atoms with E-state index in [-0.39, 0.29) is 6.61 Å². The lowest BCUT2D eigenvalue weighted by Crippen LogP contribution is -2.63. The van der Waals surface area contributed by atoms with E-state index in [1.54, 1.807) is 0 Å². The van der Waals surface area contributed by atoms with Crippen molar-refractivity contribution in [3.63, 3.8) is 0 Å². The van der Waals surface area contributed by atoms with Crippen LogP contribution in [0.5, 0.6) is 0 Å². The normalized spacial score (nSPS) is 26.4. The number of hydrogen-bond acceptors (Lipinski definition) is 9. The second kappa shape index (κ2) is 11.2. The van der Waals surface area contributed by atoms with Crippen molar-refractivity contribution >= 4 is 29.7 Å². The summed E-state index contributed by atoms with van der Waals surface area (Å²) in [5.74, 6) is -0.863. The van der Waals surface area contributed by atoms with E-state index in [1.165, 1.54) is 38.1 Å². The largest absolute Gasteiger partial charge is 0.463 e. The summed E-state index contributed by atoms with van der Waals surface area (Å²) in [7, 11) is 0. The average Bonchev–Trinajstić information content (AvgIpc) is 2.65. The van der Waals surface area contributed by atoms with Crippen LogP contribution in [0.15, 0.2) is 30.3 Å². The standard InChI is InChI=1S/C20H27NO7S/c1-12(22)25-11-16-18(26-13(2)23)17(21)19(27-14(3)24)20(28-16)29-10-9-15-7-5-4-6-8-15/h4-8,16-20H,9-11,21H2,1-3H3. The highest BCUT2D eigenvalue weighted by Crippen LogP contribution is 2.32. The summed E-state index contributed by atoms with van der Waals surface area (Å²) in [5.41, 5.74) is 6.87. The topological polar surface area (TPSA) is 114 Å². The van der Waals surface area contributed by atoms with Gasteiger partial charge in [0.05, 0.1) is 6.04 Å². The first-order chi connectivity index (χ1) is 13.8. The molecule has 0 amide bonds. The molecule has 0 aromatic heterocycles. The van der Waals surface area contributed by atoms with Crippen molar-refractivity contribution in [2.75, 3.05) is 12.4 Å². The first-order valence-electron chi connectivity index (χ1n) is 9.32. The molecule has 29 heavy (non-hydrogen) atoms. The summed E-state index contributed by atoms with van der Waals surface area (Å²) in [4.78, 5) is 34.4. The second-order valence-corrected chi connectivity index (χ2v) is 7.88. The molecule has 0 spiro atoms. The summed E-state index contributed by atoms with van der Waals surface area (Å²) in [6.45, 7) is 3.68. The third kappa shape index (κ3) is 7.34. The molecule has 8 nitrogen and oxygen atoms in total. The van der Waals surface area contributed by atoms with Gasteiger partial charge < -0.3 is 24.7 Å². The summed E-state index contributed by atoms with van der Waals surface area (Å²) in [6, 6.07) is 9.11. The van der Waals surface area contributed by atoms with Gasteiger partial charge in [0.25, 0.3) is 0 Å². The molecule has 2 N–H and O–H groups in total. The molecule has 0 saturated carbocycles. The van der Waals surface area contributed by atoms with E-state index >= 15 is 0 Å². The molecule has 1 aromatic carbocycles. The van der Waals surface area contributed by atoms with Crippen molar-refractivity contribution < 1.29 is 33.3 Å². The Hall–Kier alpha value is -2.10. The summed E-state index contributed by atoms with van der Waals surface area (Å²) in [6.07, 6.45) is -1.71. The number of rotatable bonds is 8. The fourth-order valence-corrected chi connectivity index (χ4v) is 4.25. The van der Waals surface area contributed by atoms with Crippen LogP contribution < -0.4 is 5.73 Å². The highest BCUT2D eigenvalue weighted by atomic mass is 32.2. The van der Waals surface area contributed by atoms with Crippen LogP contribution in [0.3, 0.4) is 0 Å². The molecule has 5 atom stereocenters. The van der Waals surface area contributed by atoms with Gasteiger partial charge in [-0.25, -0.2) is 0 Å². The molecular formula is C20H27NO7S. The number of nitrogens with two attached hydrogens (primary N) is 1. The van der Waals surface area contributed by atoms with Gasteiger partial charge >= 0.3 is 17.9 Å². The van der Waals surface area contributed by atoms with Gasteiger partial charge in [-0.3, -0.25) is 14.4 Å². The predicted octanol–water partition coefficient (Wildman–Crippen LogP) is 1.44. The smallest absolute Gasteiger partial charge is 0.303 e. The van der Waals surface area contributed by atoms with Gasteiger partial charge in [0.1, 0.15) is 24.3 Å². The Bertz CT molecular complexity index is 697. The molecule has 1 aromatic rings. The maximum atomic E-state index is 11.6. The van der Waals surface area contributed by atoms with E-state index in [9.17, 15) is 14.4 Å². The number of thioether (sulfide) groups is 1. The van der Waals surface area contributed by atoms with E-state index in [4.69, 9.17) is 24.7 Å². The fraction of sp³-hybridized carbons (Fsp3) is 0.550. The Morgan fingerprint density at radius 2 is 1.62 bits per heavy atom. The molecule has 0 bridgehead atoms. The van der Waals surface area contributed by atoms with Crippen LogP contribution in [-0.4, -0.2) is 60.1 Å². The monoisotopic (exact) mass is 425 g/mol. The van der Waals surface area contributed by atoms with Crippen LogP contribution in [0.2, 0.25) is 0 Å². The van der Waals surface area contributed by atoms with Crippen LogP contribution in [0.4, 0.5) is 0 Å². The Morgan fingerprint density at radius 3 is 2.21 bits per heavy atom. The van der Waals surface area contributed by atoms with Gasteiger partial charge in [-0.1, -0.05) is 30.3 Å². The first kappa shape index (κ1) is 23.2. The van der Waals surface area contributed by atoms with Gasteiger partial charge in [-0.05, 0) is 17.7 Å². The zero-order valence-electron chi connectivity index (χ0n) is 16.7. The van der Waals surface area contributed by atoms with Gasteiger partial charge in [-0.2, -0.15) is 0 Å². The molecule has 0 aliphatic carbocycles. The van der Waals surface area contributed by atoms with Crippen LogP contribution in [0.1, 0.15) is 26.3 Å². The Morgan fingerprint density at radius 1 is 1.00 bits per heavy atom. The minimum Gasteiger partial charge on any atom is -0.463 e. The molecule has 9 heteroatoms. The van der Waals surface area contributed by atoms with Crippen LogP contribution in [0.25, 0.3) is 0 Å². The minimum atomic E-state index is -0.915. The lowest BCUT2D eigenvalue weighted by Gasteiger charge is -2.43. The van der Waals surface area contributed by atoms with Gasteiger partial charge in [0.2, 0.25) is 0 Å². The van der Waals surface area contributed by atoms with E-state index in [2.05, 4.69) is 0 Å². The highest BCUT2D eigenvalue weighted by Gasteiger charge is 2.48. The van der Waals surface area contributed by atoms with Crippen molar-refractivity contribution in [2.24, 2.45) is 5.73 Å². The summed E-state index contributed by atoms with van der Waals surface area (Å²) >= 11 is 1.44. The first-order valence-corrected chi connectivity index (χ1v) is 10.4. The summed E-state index contributed by atoms with van der Waals surface area (Å²) in [5, 5.41) is 0. The predicted molar refractivity (Wildman–Crippen MR) is 107 cm³/mol. The number of hydrogen-bond donors (Lipinski definition) is 1. The van der Waals surface area contributed by atoms with Crippen LogP contribution in [-0.2, 0) is 39.8 Å². The maximum Gasteiger partial charge on any atom is 0.303 e. The van der Waals surface area contributed by atoms with Crippen molar-refractivity contribution in [3.8, 4) is 0 Å². The van der Waals surface area contributed by atoms with Crippen LogP contribution >= 0.6 is 11.8 Å².